The maximum atomic E-state index is 11.0. The molecule has 0 aliphatic rings. The lowest BCUT2D eigenvalue weighted by Crippen LogP contribution is -2.25. The van der Waals surface area contributed by atoms with E-state index in [2.05, 4.69) is 0 Å². The van der Waals surface area contributed by atoms with Crippen LogP contribution in [0.1, 0.15) is 11.1 Å². The molecule has 3 nitrogen and oxygen atoms in total. The minimum Gasteiger partial charge on any atom is -0.475 e. The molecule has 1 aromatic rings. The van der Waals surface area contributed by atoms with Crippen LogP contribution in [0.5, 0.6) is 0 Å². The number of halogens is 1. The van der Waals surface area contributed by atoms with E-state index >= 15 is 0 Å². The highest BCUT2D eigenvalue weighted by atomic mass is 35.5. The molecule has 0 heterocycles. The Kier molecular flexibility index (Phi) is 3.86. The molecule has 1 N–H and O–H groups in total. The lowest BCUT2D eigenvalue weighted by atomic mass is 10.1. The molecule has 0 spiro atoms. The standard InChI is InChI=1S/C11H11ClO3/c1-7-2-4-8(5-3-7)6-9(12)10(13)11(14)15/h2-5,9H,6H2,1H3,(H,14,15). The molecule has 80 valence electrons. The molecule has 0 fully saturated rings. The first-order chi connectivity index (χ1) is 7.00. The Hall–Kier alpha value is -1.35. The van der Waals surface area contributed by atoms with E-state index in [0.717, 1.165) is 11.1 Å². The second-order valence-corrected chi connectivity index (χ2v) is 3.85. The number of ketones is 1. The highest BCUT2D eigenvalue weighted by Crippen LogP contribution is 2.10. The molecule has 1 atom stereocenters. The fourth-order valence-corrected chi connectivity index (χ4v) is 1.43. The molecular weight excluding hydrogens is 216 g/mol. The summed E-state index contributed by atoms with van der Waals surface area (Å²) in [6, 6.07) is 7.45. The van der Waals surface area contributed by atoms with Gasteiger partial charge < -0.3 is 5.11 Å². The maximum Gasteiger partial charge on any atom is 0.373 e. The van der Waals surface area contributed by atoms with E-state index in [1.54, 1.807) is 0 Å². The summed E-state index contributed by atoms with van der Waals surface area (Å²) in [6.45, 7) is 1.95. The van der Waals surface area contributed by atoms with E-state index < -0.39 is 17.1 Å². The first kappa shape index (κ1) is 11.7. The molecule has 0 amide bonds. The Bertz CT molecular complexity index is 370. The number of carbonyl (C=O) groups excluding carboxylic acids is 1. The fourth-order valence-electron chi connectivity index (χ4n) is 1.16. The van der Waals surface area contributed by atoms with E-state index in [-0.39, 0.29) is 6.42 Å². The molecule has 0 bridgehead atoms. The summed E-state index contributed by atoms with van der Waals surface area (Å²) in [4.78, 5) is 21.3. The number of carboxylic acid groups (broad SMARTS) is 1. The first-order valence-corrected chi connectivity index (χ1v) is 4.91. The molecule has 0 aromatic heterocycles. The van der Waals surface area contributed by atoms with Gasteiger partial charge in [0.15, 0.2) is 0 Å². The summed E-state index contributed by atoms with van der Waals surface area (Å²) < 4.78 is 0. The zero-order valence-electron chi connectivity index (χ0n) is 8.24. The van der Waals surface area contributed by atoms with E-state index in [0.29, 0.717) is 0 Å². The summed E-state index contributed by atoms with van der Waals surface area (Å²) in [5.74, 6) is -2.45. The number of rotatable bonds is 4. The van der Waals surface area contributed by atoms with E-state index in [9.17, 15) is 9.59 Å². The van der Waals surface area contributed by atoms with Crippen molar-refractivity contribution in [3.05, 3.63) is 35.4 Å². The average Bonchev–Trinajstić information content (AvgIpc) is 2.20. The predicted molar refractivity (Wildman–Crippen MR) is 57.2 cm³/mol. The van der Waals surface area contributed by atoms with Crippen molar-refractivity contribution in [2.45, 2.75) is 18.7 Å². The Morgan fingerprint density at radius 3 is 2.33 bits per heavy atom. The van der Waals surface area contributed by atoms with Crippen molar-refractivity contribution in [3.8, 4) is 0 Å². The quantitative estimate of drug-likeness (QED) is 0.629. The summed E-state index contributed by atoms with van der Waals surface area (Å²) >= 11 is 5.67. The Labute approximate surface area is 92.7 Å². The fraction of sp³-hybridized carbons (Fsp3) is 0.273. The summed E-state index contributed by atoms with van der Waals surface area (Å²) in [6.07, 6.45) is 0.243. The van der Waals surface area contributed by atoms with Crippen LogP contribution in [0.25, 0.3) is 0 Å². The van der Waals surface area contributed by atoms with Gasteiger partial charge in [-0.05, 0) is 18.9 Å². The zero-order chi connectivity index (χ0) is 11.4. The second kappa shape index (κ2) is 4.94. The van der Waals surface area contributed by atoms with Crippen molar-refractivity contribution < 1.29 is 14.7 Å². The summed E-state index contributed by atoms with van der Waals surface area (Å²) in [5.41, 5.74) is 1.96. The summed E-state index contributed by atoms with van der Waals surface area (Å²) in [7, 11) is 0. The van der Waals surface area contributed by atoms with Crippen LogP contribution in [-0.4, -0.2) is 22.2 Å². The van der Waals surface area contributed by atoms with Crippen LogP contribution < -0.4 is 0 Å². The third-order valence-electron chi connectivity index (χ3n) is 2.03. The van der Waals surface area contributed by atoms with Gasteiger partial charge in [-0.1, -0.05) is 29.8 Å². The number of alkyl halides is 1. The van der Waals surface area contributed by atoms with Gasteiger partial charge in [0.1, 0.15) is 5.38 Å². The predicted octanol–water partition coefficient (Wildman–Crippen LogP) is 1.80. The Morgan fingerprint density at radius 1 is 1.33 bits per heavy atom. The number of aliphatic carboxylic acids is 1. The lowest BCUT2D eigenvalue weighted by Gasteiger charge is -2.05. The van der Waals surface area contributed by atoms with Gasteiger partial charge in [0.2, 0.25) is 0 Å². The number of carbonyl (C=O) groups is 2. The summed E-state index contributed by atoms with van der Waals surface area (Å²) in [5, 5.41) is 7.45. The van der Waals surface area contributed by atoms with Crippen molar-refractivity contribution in [3.63, 3.8) is 0 Å². The number of benzene rings is 1. The van der Waals surface area contributed by atoms with E-state index in [4.69, 9.17) is 16.7 Å². The van der Waals surface area contributed by atoms with Gasteiger partial charge in [-0.15, -0.1) is 11.6 Å². The normalized spacial score (nSPS) is 12.1. The van der Waals surface area contributed by atoms with Crippen molar-refractivity contribution in [1.29, 1.82) is 0 Å². The Morgan fingerprint density at radius 2 is 1.87 bits per heavy atom. The number of carboxylic acids is 1. The average molecular weight is 227 g/mol. The molecule has 1 aromatic carbocycles. The van der Waals surface area contributed by atoms with Crippen molar-refractivity contribution in [2.75, 3.05) is 0 Å². The van der Waals surface area contributed by atoms with E-state index in [1.807, 2.05) is 31.2 Å². The molecule has 0 radical (unpaired) electrons. The smallest absolute Gasteiger partial charge is 0.373 e. The van der Waals surface area contributed by atoms with Crippen LogP contribution in [0, 0.1) is 6.92 Å². The van der Waals surface area contributed by atoms with Crippen LogP contribution in [0.15, 0.2) is 24.3 Å². The van der Waals surface area contributed by atoms with Gasteiger partial charge in [-0.3, -0.25) is 4.79 Å². The van der Waals surface area contributed by atoms with E-state index in [1.165, 1.54) is 0 Å². The van der Waals surface area contributed by atoms with Gasteiger partial charge in [0.05, 0.1) is 0 Å². The van der Waals surface area contributed by atoms with Gasteiger partial charge in [-0.25, -0.2) is 4.79 Å². The third kappa shape index (κ3) is 3.36. The van der Waals surface area contributed by atoms with Gasteiger partial charge in [0.25, 0.3) is 5.78 Å². The van der Waals surface area contributed by atoms with Gasteiger partial charge in [0, 0.05) is 0 Å². The zero-order valence-corrected chi connectivity index (χ0v) is 8.99. The molecule has 1 unspecified atom stereocenters. The van der Waals surface area contributed by atoms with Crippen molar-refractivity contribution in [2.24, 2.45) is 0 Å². The highest BCUT2D eigenvalue weighted by molar-refractivity contribution is 6.47. The maximum absolute atomic E-state index is 11.0. The van der Waals surface area contributed by atoms with Crippen LogP contribution in [0.3, 0.4) is 0 Å². The van der Waals surface area contributed by atoms with Gasteiger partial charge >= 0.3 is 5.97 Å². The second-order valence-electron chi connectivity index (χ2n) is 3.33. The molecule has 0 saturated heterocycles. The van der Waals surface area contributed by atoms with Crippen LogP contribution in [0.4, 0.5) is 0 Å². The number of Topliss-reactive ketones (excluding diaryl/α,β-unsaturated/α-hetero) is 1. The number of hydrogen-bond donors (Lipinski definition) is 1. The topological polar surface area (TPSA) is 54.4 Å². The lowest BCUT2D eigenvalue weighted by molar-refractivity contribution is -0.148. The number of hydrogen-bond acceptors (Lipinski definition) is 2. The highest BCUT2D eigenvalue weighted by Gasteiger charge is 2.22. The molecule has 0 saturated carbocycles. The SMILES string of the molecule is Cc1ccc(CC(Cl)C(=O)C(=O)O)cc1. The molecule has 15 heavy (non-hydrogen) atoms. The molecular formula is C11H11ClO3. The molecule has 1 rings (SSSR count). The van der Waals surface area contributed by atoms with Gasteiger partial charge in [-0.2, -0.15) is 0 Å². The first-order valence-electron chi connectivity index (χ1n) is 4.47. The Balaban J connectivity index is 2.66. The van der Waals surface area contributed by atoms with Crippen molar-refractivity contribution >= 4 is 23.4 Å². The molecule has 0 aliphatic carbocycles. The van der Waals surface area contributed by atoms with Crippen molar-refractivity contribution in [1.82, 2.24) is 0 Å². The molecule has 0 aliphatic heterocycles. The monoisotopic (exact) mass is 226 g/mol. The largest absolute Gasteiger partial charge is 0.475 e. The van der Waals surface area contributed by atoms with Crippen LogP contribution >= 0.6 is 11.6 Å². The molecule has 4 heteroatoms. The van der Waals surface area contributed by atoms with Crippen LogP contribution in [0.2, 0.25) is 0 Å². The van der Waals surface area contributed by atoms with Crippen LogP contribution in [-0.2, 0) is 16.0 Å². The minimum atomic E-state index is -1.48. The third-order valence-corrected chi connectivity index (χ3v) is 2.38. The minimum absolute atomic E-state index is 0.243. The number of aryl methyl sites for hydroxylation is 1.